The summed E-state index contributed by atoms with van der Waals surface area (Å²) >= 11 is 1.21. The third-order valence-electron chi connectivity index (χ3n) is 8.42. The highest BCUT2D eigenvalue weighted by Crippen LogP contribution is 2.63. The van der Waals surface area contributed by atoms with Crippen molar-refractivity contribution in [3.63, 3.8) is 0 Å². The number of carbonyl (C=O) groups excluding carboxylic acids is 1. The van der Waals surface area contributed by atoms with Gasteiger partial charge in [-0.2, -0.15) is 4.91 Å². The number of nitroso groups, excluding NO2 is 1. The third kappa shape index (κ3) is 3.96. The minimum Gasteiger partial charge on any atom is -0.282 e. The predicted octanol–water partition coefficient (Wildman–Crippen LogP) is 6.70. The van der Waals surface area contributed by atoms with Crippen molar-refractivity contribution in [2.24, 2.45) is 28.3 Å². The average molecular weight is 447 g/mol. The van der Waals surface area contributed by atoms with Gasteiger partial charge >= 0.3 is 0 Å². The summed E-state index contributed by atoms with van der Waals surface area (Å²) in [7, 11) is 0. The van der Waals surface area contributed by atoms with Gasteiger partial charge in [0.05, 0.1) is 0 Å². The quantitative estimate of drug-likeness (QED) is 0.291. The highest BCUT2D eigenvalue weighted by Gasteiger charge is 2.53. The van der Waals surface area contributed by atoms with Crippen LogP contribution in [-0.2, 0) is 17.8 Å². The Morgan fingerprint density at radius 3 is 2.94 bits per heavy atom. The van der Waals surface area contributed by atoms with Crippen LogP contribution < -0.4 is 0 Å². The fourth-order valence-corrected chi connectivity index (χ4v) is 7.52. The summed E-state index contributed by atoms with van der Waals surface area (Å²) in [5.74, 6) is 2.57. The number of benzene rings is 1. The van der Waals surface area contributed by atoms with Crippen molar-refractivity contribution in [3.05, 3.63) is 76.3 Å². The highest BCUT2D eigenvalue weighted by atomic mass is 32.2. The first-order valence-corrected chi connectivity index (χ1v) is 12.6. The van der Waals surface area contributed by atoms with Gasteiger partial charge in [0.15, 0.2) is 0 Å². The van der Waals surface area contributed by atoms with Crippen LogP contribution in [0, 0.1) is 28.1 Å². The molecule has 2 aromatic rings. The van der Waals surface area contributed by atoms with Gasteiger partial charge in [-0.3, -0.25) is 4.79 Å². The van der Waals surface area contributed by atoms with Crippen LogP contribution >= 0.6 is 11.8 Å². The van der Waals surface area contributed by atoms with Gasteiger partial charge in [-0.15, -0.1) is 0 Å². The molecule has 1 heterocycles. The number of aryl methyl sites for hydroxylation is 1. The second kappa shape index (κ2) is 8.93. The van der Waals surface area contributed by atoms with Crippen LogP contribution in [0.2, 0.25) is 0 Å². The largest absolute Gasteiger partial charge is 0.282 e. The van der Waals surface area contributed by atoms with Gasteiger partial charge in [-0.05, 0) is 114 Å². The van der Waals surface area contributed by atoms with Crippen molar-refractivity contribution < 1.29 is 4.79 Å². The molecule has 0 saturated heterocycles. The number of hydrogen-bond donors (Lipinski definition) is 0. The molecule has 32 heavy (non-hydrogen) atoms. The molecule has 5 rings (SSSR count). The van der Waals surface area contributed by atoms with E-state index in [2.05, 4.69) is 41.4 Å². The minimum absolute atomic E-state index is 0.0663. The first kappa shape index (κ1) is 21.6. The third-order valence-corrected chi connectivity index (χ3v) is 9.21. The van der Waals surface area contributed by atoms with Crippen LogP contribution in [0.15, 0.2) is 64.9 Å². The molecule has 0 radical (unpaired) electrons. The molecule has 1 aromatic carbocycles. The number of carbonyl (C=O) groups is 1. The molecule has 166 valence electrons. The zero-order valence-electron chi connectivity index (χ0n) is 18.6. The Morgan fingerprint density at radius 2 is 2.12 bits per heavy atom. The molecular formula is C27H30N2O2S. The molecule has 5 heteroatoms. The van der Waals surface area contributed by atoms with E-state index in [4.69, 9.17) is 0 Å². The van der Waals surface area contributed by atoms with Crippen molar-refractivity contribution in [1.29, 1.82) is 0 Å². The lowest BCUT2D eigenvalue weighted by Gasteiger charge is -2.50. The number of pyridine rings is 1. The van der Waals surface area contributed by atoms with Gasteiger partial charge in [0.2, 0.25) is 5.12 Å². The van der Waals surface area contributed by atoms with E-state index >= 15 is 0 Å². The lowest BCUT2D eigenvalue weighted by Crippen LogP contribution is -2.42. The maximum atomic E-state index is 12.5. The summed E-state index contributed by atoms with van der Waals surface area (Å²) < 4.78 is 0. The second-order valence-electron chi connectivity index (χ2n) is 9.91. The zero-order chi connectivity index (χ0) is 22.1. The Hall–Kier alpha value is -2.27. The van der Waals surface area contributed by atoms with E-state index in [0.717, 1.165) is 28.8 Å². The van der Waals surface area contributed by atoms with Gasteiger partial charge in [0.25, 0.3) is 0 Å². The van der Waals surface area contributed by atoms with E-state index in [1.165, 1.54) is 55.0 Å². The summed E-state index contributed by atoms with van der Waals surface area (Å²) in [6.07, 6.45) is 12.9. The normalized spacial score (nSPS) is 31.0. The number of hydrogen-bond acceptors (Lipinski definition) is 5. The number of aromatic nitrogens is 1. The summed E-state index contributed by atoms with van der Waals surface area (Å²) in [6, 6.07) is 12.2. The van der Waals surface area contributed by atoms with E-state index in [-0.39, 0.29) is 17.1 Å². The summed E-state index contributed by atoms with van der Waals surface area (Å²) in [6.45, 7) is 2.74. The van der Waals surface area contributed by atoms with Crippen molar-refractivity contribution >= 4 is 16.9 Å². The first-order chi connectivity index (χ1) is 15.6. The monoisotopic (exact) mass is 446 g/mol. The Morgan fingerprint density at radius 1 is 1.22 bits per heavy atom. The molecule has 2 fully saturated rings. The molecule has 3 aliphatic rings. The molecule has 0 amide bonds. The molecule has 0 aliphatic heterocycles. The Labute approximate surface area is 194 Å². The maximum absolute atomic E-state index is 12.5. The predicted molar refractivity (Wildman–Crippen MR) is 128 cm³/mol. The number of fused-ring (bicyclic) bond motifs is 5. The minimum atomic E-state index is 0.0663. The van der Waals surface area contributed by atoms with Crippen LogP contribution in [0.1, 0.15) is 61.6 Å². The van der Waals surface area contributed by atoms with Gasteiger partial charge in [-0.1, -0.05) is 42.4 Å². The molecule has 0 N–H and O–H groups in total. The zero-order valence-corrected chi connectivity index (χ0v) is 19.4. The molecular weight excluding hydrogens is 416 g/mol. The molecule has 3 aliphatic carbocycles. The Balaban J connectivity index is 1.29. The number of allylic oxidation sites excluding steroid dienone is 1. The van der Waals surface area contributed by atoms with E-state index in [1.807, 2.05) is 18.2 Å². The lowest BCUT2D eigenvalue weighted by molar-refractivity contribution is -0.107. The summed E-state index contributed by atoms with van der Waals surface area (Å²) in [5.41, 5.74) is 4.27. The Kier molecular flexibility index (Phi) is 6.02. The second-order valence-corrected chi connectivity index (χ2v) is 10.9. The molecule has 5 unspecified atom stereocenters. The smallest absolute Gasteiger partial charge is 0.218 e. The highest BCUT2D eigenvalue weighted by molar-refractivity contribution is 8.14. The maximum Gasteiger partial charge on any atom is 0.218 e. The van der Waals surface area contributed by atoms with Crippen LogP contribution in [0.4, 0.5) is 0 Å². The molecule has 5 atom stereocenters. The number of rotatable bonds is 5. The first-order valence-electron chi connectivity index (χ1n) is 11.8. The average Bonchev–Trinajstić information content (AvgIpc) is 3.14. The van der Waals surface area contributed by atoms with Gasteiger partial charge in [0, 0.05) is 6.20 Å². The standard InChI is InChI=1S/C27H30N2O2S/c1-27-14-13-22-21-9-5-18(17-29-31)16-19(21)6-10-23(22)24(27)11-7-20(27)8-12-26(30)32-25-4-2-3-15-28-25/h2-5,8-9,12,15-16,20,22-24H,6-7,10-11,13-14,17H2,1H3/b12-8+. The van der Waals surface area contributed by atoms with E-state index < -0.39 is 0 Å². The topological polar surface area (TPSA) is 59.4 Å². The van der Waals surface area contributed by atoms with Crippen molar-refractivity contribution in [3.8, 4) is 0 Å². The van der Waals surface area contributed by atoms with E-state index in [0.29, 0.717) is 11.8 Å². The molecule has 1 aromatic heterocycles. The molecule has 2 saturated carbocycles. The van der Waals surface area contributed by atoms with Crippen LogP contribution in [0.3, 0.4) is 0 Å². The van der Waals surface area contributed by atoms with E-state index in [9.17, 15) is 9.70 Å². The Bertz CT molecular complexity index is 1040. The lowest BCUT2D eigenvalue weighted by atomic mass is 9.54. The van der Waals surface area contributed by atoms with Crippen LogP contribution in [0.25, 0.3) is 0 Å². The molecule has 4 nitrogen and oxygen atoms in total. The van der Waals surface area contributed by atoms with Gasteiger partial charge in [-0.25, -0.2) is 4.98 Å². The van der Waals surface area contributed by atoms with Gasteiger partial charge < -0.3 is 0 Å². The summed E-state index contributed by atoms with van der Waals surface area (Å²) in [4.78, 5) is 27.4. The fraction of sp³-hybridized carbons (Fsp3) is 0.481. The van der Waals surface area contributed by atoms with Crippen molar-refractivity contribution in [1.82, 2.24) is 4.98 Å². The van der Waals surface area contributed by atoms with Crippen LogP contribution in [0.5, 0.6) is 0 Å². The fourth-order valence-electron chi connectivity index (χ4n) is 6.90. The number of thioether (sulfide) groups is 1. The summed E-state index contributed by atoms with van der Waals surface area (Å²) in [5, 5.41) is 3.89. The van der Waals surface area contributed by atoms with Gasteiger partial charge in [0.1, 0.15) is 11.6 Å². The van der Waals surface area contributed by atoms with Crippen molar-refractivity contribution in [2.75, 3.05) is 0 Å². The SMILES string of the molecule is CC12CCC3c4ccc(CN=O)cc4CCC3C1CCC2/C=C/C(=O)Sc1ccccn1. The van der Waals surface area contributed by atoms with Crippen molar-refractivity contribution in [2.45, 2.75) is 62.9 Å². The van der Waals surface area contributed by atoms with Crippen LogP contribution in [-0.4, -0.2) is 10.1 Å². The van der Waals surface area contributed by atoms with E-state index in [1.54, 1.807) is 12.3 Å². The molecule has 0 bridgehead atoms. The number of nitrogens with zero attached hydrogens (tertiary/aromatic N) is 2. The molecule has 0 spiro atoms.